The predicted molar refractivity (Wildman–Crippen MR) is 106 cm³/mol. The fourth-order valence-corrected chi connectivity index (χ4v) is 3.50. The summed E-state index contributed by atoms with van der Waals surface area (Å²) in [5.41, 5.74) is 3.70. The summed E-state index contributed by atoms with van der Waals surface area (Å²) in [4.78, 5) is 9.14. The number of hydrogen-bond acceptors (Lipinski definition) is 3. The molecule has 0 amide bonds. The topological polar surface area (TPSA) is 36.8 Å². The van der Waals surface area contributed by atoms with Gasteiger partial charge in [-0.05, 0) is 76.7 Å². The van der Waals surface area contributed by atoms with Crippen molar-refractivity contribution in [3.8, 4) is 0 Å². The maximum atomic E-state index is 4.86. The van der Waals surface area contributed by atoms with E-state index in [4.69, 9.17) is 4.99 Å². The van der Waals surface area contributed by atoms with E-state index < -0.39 is 0 Å². The summed E-state index contributed by atoms with van der Waals surface area (Å²) in [7, 11) is 1.85. The zero-order valence-corrected chi connectivity index (χ0v) is 16.0. The van der Waals surface area contributed by atoms with Gasteiger partial charge in [-0.25, -0.2) is 0 Å². The second kappa shape index (κ2) is 9.93. The van der Waals surface area contributed by atoms with Crippen molar-refractivity contribution < 1.29 is 0 Å². The van der Waals surface area contributed by atoms with E-state index in [2.05, 4.69) is 43.2 Å². The Bertz CT molecular complexity index is 501. The minimum absolute atomic E-state index is 0.636. The number of rotatable bonds is 8. The summed E-state index contributed by atoms with van der Waals surface area (Å²) < 4.78 is 0. The summed E-state index contributed by atoms with van der Waals surface area (Å²) in [5.74, 6) is 1.78. The van der Waals surface area contributed by atoms with Crippen LogP contribution in [0.25, 0.3) is 0 Å². The number of aliphatic imine (C=N–C) groups is 2. The Morgan fingerprint density at radius 2 is 1.83 bits per heavy atom. The lowest BCUT2D eigenvalue weighted by Crippen LogP contribution is -2.33. The molecule has 2 rings (SSSR count). The highest BCUT2D eigenvalue weighted by Crippen LogP contribution is 2.35. The first-order valence-corrected chi connectivity index (χ1v) is 9.66. The van der Waals surface area contributed by atoms with Crippen molar-refractivity contribution >= 4 is 11.9 Å². The van der Waals surface area contributed by atoms with Gasteiger partial charge in [-0.3, -0.25) is 15.3 Å². The number of hydrogen-bond donors (Lipinski definition) is 1. The number of nitrogens with one attached hydrogen (secondary N) is 1. The Morgan fingerprint density at radius 3 is 2.42 bits per heavy atom. The lowest BCUT2D eigenvalue weighted by atomic mass is 9.87. The maximum absolute atomic E-state index is 4.86. The van der Waals surface area contributed by atoms with Crippen LogP contribution in [-0.4, -0.2) is 31.7 Å². The quantitative estimate of drug-likeness (QED) is 0.629. The van der Waals surface area contributed by atoms with Gasteiger partial charge in [0.05, 0.1) is 12.4 Å². The van der Waals surface area contributed by atoms with Crippen molar-refractivity contribution in [1.82, 2.24) is 5.32 Å². The molecule has 0 bridgehead atoms. The van der Waals surface area contributed by atoms with Crippen LogP contribution in [0.1, 0.15) is 65.7 Å². The third-order valence-electron chi connectivity index (χ3n) is 5.26. The zero-order valence-electron chi connectivity index (χ0n) is 16.0. The molecule has 24 heavy (non-hydrogen) atoms. The molecule has 2 saturated carbocycles. The van der Waals surface area contributed by atoms with Gasteiger partial charge in [0.25, 0.3) is 0 Å². The van der Waals surface area contributed by atoms with Gasteiger partial charge >= 0.3 is 0 Å². The highest BCUT2D eigenvalue weighted by atomic mass is 15.0. The van der Waals surface area contributed by atoms with E-state index in [1.165, 1.54) is 56.1 Å². The van der Waals surface area contributed by atoms with Gasteiger partial charge in [0.2, 0.25) is 0 Å². The molecule has 2 aliphatic carbocycles. The van der Waals surface area contributed by atoms with Crippen molar-refractivity contribution in [2.75, 3.05) is 13.7 Å². The zero-order chi connectivity index (χ0) is 17.4. The minimum Gasteiger partial charge on any atom is -0.296 e. The largest absolute Gasteiger partial charge is 0.296 e. The summed E-state index contributed by atoms with van der Waals surface area (Å²) in [5, 5.41) is 3.63. The normalized spacial score (nSPS) is 27.1. The molecule has 0 unspecified atom stereocenters. The standard InChI is InChI=1S/C21H35N3/c1-5-6-21(20(14-22-4)17(3)13-18-9-10-18)24-15-23-19-11-7-16(2)8-12-19/h5-6,14,16,18-19,23H,7-13,15H2,1-4H3/b6-5-,20-17+,22-14-,24-21+. The van der Waals surface area contributed by atoms with Crippen molar-refractivity contribution in [3.63, 3.8) is 0 Å². The van der Waals surface area contributed by atoms with E-state index in [9.17, 15) is 0 Å². The third-order valence-corrected chi connectivity index (χ3v) is 5.26. The molecule has 3 heteroatoms. The van der Waals surface area contributed by atoms with Crippen LogP contribution in [-0.2, 0) is 0 Å². The van der Waals surface area contributed by atoms with Crippen LogP contribution in [0.15, 0.2) is 33.3 Å². The summed E-state index contributed by atoms with van der Waals surface area (Å²) in [6.07, 6.45) is 15.4. The van der Waals surface area contributed by atoms with Crippen molar-refractivity contribution in [3.05, 3.63) is 23.3 Å². The van der Waals surface area contributed by atoms with Gasteiger partial charge in [0.15, 0.2) is 0 Å². The van der Waals surface area contributed by atoms with Crippen molar-refractivity contribution in [2.24, 2.45) is 21.8 Å². The molecule has 0 heterocycles. The lowest BCUT2D eigenvalue weighted by Gasteiger charge is -2.26. The van der Waals surface area contributed by atoms with E-state index in [1.807, 2.05) is 13.3 Å². The molecule has 2 fully saturated rings. The number of allylic oxidation sites excluding steroid dienone is 4. The van der Waals surface area contributed by atoms with Gasteiger partial charge in [-0.2, -0.15) is 0 Å². The molecule has 134 valence electrons. The second-order valence-electron chi connectivity index (χ2n) is 7.59. The van der Waals surface area contributed by atoms with Crippen molar-refractivity contribution in [1.29, 1.82) is 0 Å². The second-order valence-corrected chi connectivity index (χ2v) is 7.59. The first kappa shape index (κ1) is 19.1. The third kappa shape index (κ3) is 6.35. The van der Waals surface area contributed by atoms with Crippen LogP contribution >= 0.6 is 0 Å². The molecule has 0 aliphatic heterocycles. The first-order valence-electron chi connectivity index (χ1n) is 9.66. The fourth-order valence-electron chi connectivity index (χ4n) is 3.50. The fraction of sp³-hybridized carbons (Fsp3) is 0.714. The van der Waals surface area contributed by atoms with Crippen LogP contribution in [0.2, 0.25) is 0 Å². The maximum Gasteiger partial charge on any atom is 0.0894 e. The molecule has 0 aromatic rings. The average molecular weight is 330 g/mol. The molecular formula is C21H35N3. The van der Waals surface area contributed by atoms with Crippen LogP contribution in [0, 0.1) is 11.8 Å². The van der Waals surface area contributed by atoms with Crippen LogP contribution < -0.4 is 5.32 Å². The summed E-state index contributed by atoms with van der Waals surface area (Å²) in [6, 6.07) is 0.636. The van der Waals surface area contributed by atoms with Gasteiger partial charge in [-0.1, -0.05) is 18.6 Å². The predicted octanol–water partition coefficient (Wildman–Crippen LogP) is 4.95. The summed E-state index contributed by atoms with van der Waals surface area (Å²) >= 11 is 0. The molecule has 0 saturated heterocycles. The van der Waals surface area contributed by atoms with E-state index in [0.29, 0.717) is 12.7 Å². The van der Waals surface area contributed by atoms with Gasteiger partial charge in [0, 0.05) is 24.9 Å². The number of nitrogens with zero attached hydrogens (tertiary/aromatic N) is 2. The Hall–Kier alpha value is -1.22. The van der Waals surface area contributed by atoms with Crippen LogP contribution in [0.3, 0.4) is 0 Å². The van der Waals surface area contributed by atoms with Crippen molar-refractivity contribution in [2.45, 2.75) is 71.8 Å². The molecule has 3 nitrogen and oxygen atoms in total. The molecule has 0 radical (unpaired) electrons. The summed E-state index contributed by atoms with van der Waals surface area (Å²) in [6.45, 7) is 7.37. The monoisotopic (exact) mass is 329 g/mol. The molecule has 1 N–H and O–H groups in total. The Labute approximate surface area is 148 Å². The Balaban J connectivity index is 2.01. The van der Waals surface area contributed by atoms with Gasteiger partial charge in [0.1, 0.15) is 0 Å². The molecule has 0 spiro atoms. The molecule has 0 aromatic carbocycles. The minimum atomic E-state index is 0.636. The SMILES string of the molecule is C\C=C/C(=N\CNC1CCC(C)CC1)C(/C=N\C)=C(\C)CC1CC1. The highest BCUT2D eigenvalue weighted by molar-refractivity contribution is 6.21. The Kier molecular flexibility index (Phi) is 7.90. The smallest absolute Gasteiger partial charge is 0.0894 e. The first-order chi connectivity index (χ1) is 11.6. The van der Waals surface area contributed by atoms with E-state index in [0.717, 1.165) is 17.5 Å². The molecule has 0 aromatic heterocycles. The van der Waals surface area contributed by atoms with Gasteiger partial charge in [-0.15, -0.1) is 0 Å². The lowest BCUT2D eigenvalue weighted by molar-refractivity contribution is 0.310. The molecular weight excluding hydrogens is 294 g/mol. The van der Waals surface area contributed by atoms with Crippen LogP contribution in [0.5, 0.6) is 0 Å². The Morgan fingerprint density at radius 1 is 1.12 bits per heavy atom. The van der Waals surface area contributed by atoms with E-state index in [1.54, 1.807) is 0 Å². The van der Waals surface area contributed by atoms with Gasteiger partial charge < -0.3 is 0 Å². The van der Waals surface area contributed by atoms with Crippen LogP contribution in [0.4, 0.5) is 0 Å². The highest BCUT2D eigenvalue weighted by Gasteiger charge is 2.23. The van der Waals surface area contributed by atoms with E-state index >= 15 is 0 Å². The average Bonchev–Trinajstić information content (AvgIpc) is 3.37. The molecule has 0 atom stereocenters. The van der Waals surface area contributed by atoms with E-state index in [-0.39, 0.29) is 0 Å². The molecule has 2 aliphatic rings.